The van der Waals surface area contributed by atoms with Crippen molar-refractivity contribution in [3.63, 3.8) is 0 Å². The minimum Gasteiger partial charge on any atom is -0.493 e. The van der Waals surface area contributed by atoms with Gasteiger partial charge in [-0.25, -0.2) is 4.68 Å². The first-order valence-corrected chi connectivity index (χ1v) is 11.9. The van der Waals surface area contributed by atoms with Crippen molar-refractivity contribution < 1.29 is 9.53 Å². The number of benzene rings is 1. The molecule has 4 rings (SSSR count). The third kappa shape index (κ3) is 4.76. The average Bonchev–Trinajstić information content (AvgIpc) is 3.56. The summed E-state index contributed by atoms with van der Waals surface area (Å²) in [6, 6.07) is 10.2. The maximum absolute atomic E-state index is 12.7. The molecule has 1 aromatic carbocycles. The van der Waals surface area contributed by atoms with Crippen molar-refractivity contribution in [3.05, 3.63) is 48.0 Å². The molecule has 1 amide bonds. The van der Waals surface area contributed by atoms with E-state index in [4.69, 9.17) is 4.74 Å². The zero-order valence-electron chi connectivity index (χ0n) is 18.0. The van der Waals surface area contributed by atoms with Gasteiger partial charge >= 0.3 is 0 Å². The standard InChI is InChI=1S/C22H28N6O2S/c1-30-18-15-27(16-9-4-3-5-10-16)26-20(18)21(29)23-14-8-13-19-24-25-22(31-2)28(19)17-11-6-7-12-17/h3-5,9-10,15,17H,6-8,11-14H2,1-2H3,(H,23,29). The molecule has 0 unspecified atom stereocenters. The third-order valence-corrected chi connectivity index (χ3v) is 6.25. The van der Waals surface area contributed by atoms with Crippen molar-refractivity contribution in [2.45, 2.75) is 49.7 Å². The fourth-order valence-electron chi connectivity index (χ4n) is 4.06. The van der Waals surface area contributed by atoms with Gasteiger partial charge in [-0.15, -0.1) is 10.2 Å². The molecule has 1 aliphatic rings. The number of hydrogen-bond donors (Lipinski definition) is 1. The molecule has 1 N–H and O–H groups in total. The van der Waals surface area contributed by atoms with E-state index in [0.717, 1.165) is 29.5 Å². The summed E-state index contributed by atoms with van der Waals surface area (Å²) in [5.41, 5.74) is 1.15. The Morgan fingerprint density at radius 3 is 2.71 bits per heavy atom. The van der Waals surface area contributed by atoms with E-state index in [1.54, 1.807) is 29.8 Å². The van der Waals surface area contributed by atoms with Crippen LogP contribution < -0.4 is 10.1 Å². The number of hydrogen-bond acceptors (Lipinski definition) is 6. The van der Waals surface area contributed by atoms with Crippen molar-refractivity contribution in [1.82, 2.24) is 29.9 Å². The molecule has 31 heavy (non-hydrogen) atoms. The summed E-state index contributed by atoms with van der Waals surface area (Å²) in [6.45, 7) is 0.534. The van der Waals surface area contributed by atoms with Crippen LogP contribution in [0.2, 0.25) is 0 Å². The van der Waals surface area contributed by atoms with Crippen LogP contribution in [0.4, 0.5) is 0 Å². The molecule has 0 spiro atoms. The Bertz CT molecular complexity index is 1010. The summed E-state index contributed by atoms with van der Waals surface area (Å²) < 4.78 is 9.33. The minimum absolute atomic E-state index is 0.242. The van der Waals surface area contributed by atoms with Crippen LogP contribution in [0, 0.1) is 0 Å². The zero-order valence-corrected chi connectivity index (χ0v) is 18.8. The molecule has 0 radical (unpaired) electrons. The van der Waals surface area contributed by atoms with Gasteiger partial charge in [0.05, 0.1) is 19.0 Å². The first kappa shape index (κ1) is 21.4. The van der Waals surface area contributed by atoms with E-state index in [9.17, 15) is 4.79 Å². The van der Waals surface area contributed by atoms with Crippen molar-refractivity contribution in [2.24, 2.45) is 0 Å². The second kappa shape index (κ2) is 10.00. The highest BCUT2D eigenvalue weighted by Gasteiger charge is 2.23. The van der Waals surface area contributed by atoms with Gasteiger partial charge in [-0.1, -0.05) is 42.8 Å². The Hall–Kier alpha value is -2.81. The largest absolute Gasteiger partial charge is 0.493 e. The zero-order chi connectivity index (χ0) is 21.6. The maximum atomic E-state index is 12.7. The lowest BCUT2D eigenvalue weighted by molar-refractivity contribution is 0.0944. The fourth-order valence-corrected chi connectivity index (χ4v) is 4.63. The smallest absolute Gasteiger partial charge is 0.275 e. The summed E-state index contributed by atoms with van der Waals surface area (Å²) in [5.74, 6) is 1.22. The van der Waals surface area contributed by atoms with E-state index in [1.165, 1.54) is 25.7 Å². The van der Waals surface area contributed by atoms with Gasteiger partial charge in [0.25, 0.3) is 5.91 Å². The number of para-hydroxylation sites is 1. The number of carbonyl (C=O) groups is 1. The van der Waals surface area contributed by atoms with Crippen LogP contribution >= 0.6 is 11.8 Å². The lowest BCUT2D eigenvalue weighted by Crippen LogP contribution is -2.26. The van der Waals surface area contributed by atoms with Gasteiger partial charge in [-0.3, -0.25) is 4.79 Å². The highest BCUT2D eigenvalue weighted by Crippen LogP contribution is 2.33. The van der Waals surface area contributed by atoms with Crippen molar-refractivity contribution >= 4 is 17.7 Å². The average molecular weight is 441 g/mol. The van der Waals surface area contributed by atoms with Crippen LogP contribution in [-0.4, -0.2) is 50.4 Å². The molecule has 0 bridgehead atoms. The van der Waals surface area contributed by atoms with Gasteiger partial charge in [0.1, 0.15) is 5.82 Å². The SMILES string of the molecule is COc1cn(-c2ccccc2)nc1C(=O)NCCCc1nnc(SC)n1C1CCCC1. The van der Waals surface area contributed by atoms with Gasteiger partial charge in [-0.05, 0) is 37.7 Å². The molecule has 2 aromatic heterocycles. The van der Waals surface area contributed by atoms with Crippen LogP contribution in [0.5, 0.6) is 5.75 Å². The summed E-state index contributed by atoms with van der Waals surface area (Å²) in [7, 11) is 1.54. The summed E-state index contributed by atoms with van der Waals surface area (Å²) >= 11 is 1.64. The molecule has 0 aliphatic heterocycles. The Labute approximate surface area is 186 Å². The van der Waals surface area contributed by atoms with Gasteiger partial charge in [0.2, 0.25) is 0 Å². The number of amides is 1. The Morgan fingerprint density at radius 2 is 2.00 bits per heavy atom. The molecule has 0 atom stereocenters. The molecule has 164 valence electrons. The first-order valence-electron chi connectivity index (χ1n) is 10.7. The number of nitrogens with one attached hydrogen (secondary N) is 1. The number of aromatic nitrogens is 5. The van der Waals surface area contributed by atoms with Gasteiger partial charge in [-0.2, -0.15) is 5.10 Å². The summed E-state index contributed by atoms with van der Waals surface area (Å²) in [4.78, 5) is 12.7. The highest BCUT2D eigenvalue weighted by molar-refractivity contribution is 7.98. The first-order chi connectivity index (χ1) is 15.2. The van der Waals surface area contributed by atoms with E-state index >= 15 is 0 Å². The molecule has 9 heteroatoms. The summed E-state index contributed by atoms with van der Waals surface area (Å²) in [5, 5.41) is 17.1. The number of ether oxygens (including phenoxy) is 1. The molecule has 1 fully saturated rings. The van der Waals surface area contributed by atoms with Crippen LogP contribution in [-0.2, 0) is 6.42 Å². The van der Waals surface area contributed by atoms with Crippen molar-refractivity contribution in [3.8, 4) is 11.4 Å². The highest BCUT2D eigenvalue weighted by atomic mass is 32.2. The van der Waals surface area contributed by atoms with E-state index in [0.29, 0.717) is 18.3 Å². The lowest BCUT2D eigenvalue weighted by atomic mass is 10.2. The second-order valence-corrected chi connectivity index (χ2v) is 8.37. The second-order valence-electron chi connectivity index (χ2n) is 7.60. The molecular formula is C22H28N6O2S. The van der Waals surface area contributed by atoms with Crippen LogP contribution in [0.15, 0.2) is 41.7 Å². The number of rotatable bonds is 9. The Balaban J connectivity index is 1.36. The van der Waals surface area contributed by atoms with E-state index in [-0.39, 0.29) is 11.6 Å². The minimum atomic E-state index is -0.242. The number of methoxy groups -OCH3 is 1. The topological polar surface area (TPSA) is 86.9 Å². The predicted octanol–water partition coefficient (Wildman–Crippen LogP) is 3.67. The molecule has 0 saturated heterocycles. The van der Waals surface area contributed by atoms with E-state index in [2.05, 4.69) is 25.2 Å². The van der Waals surface area contributed by atoms with Gasteiger partial charge < -0.3 is 14.6 Å². The quantitative estimate of drug-likeness (QED) is 0.404. The molecule has 3 aromatic rings. The fraction of sp³-hybridized carbons (Fsp3) is 0.455. The Kier molecular flexibility index (Phi) is 6.91. The molecule has 8 nitrogen and oxygen atoms in total. The Morgan fingerprint density at radius 1 is 1.23 bits per heavy atom. The molecular weight excluding hydrogens is 412 g/mol. The van der Waals surface area contributed by atoms with Gasteiger partial charge in [0.15, 0.2) is 16.6 Å². The number of carbonyl (C=O) groups excluding carboxylic acids is 1. The predicted molar refractivity (Wildman–Crippen MR) is 120 cm³/mol. The van der Waals surface area contributed by atoms with Crippen LogP contribution in [0.25, 0.3) is 5.69 Å². The maximum Gasteiger partial charge on any atom is 0.275 e. The van der Waals surface area contributed by atoms with Crippen molar-refractivity contribution in [2.75, 3.05) is 19.9 Å². The van der Waals surface area contributed by atoms with Crippen LogP contribution in [0.1, 0.15) is 54.5 Å². The lowest BCUT2D eigenvalue weighted by Gasteiger charge is -2.16. The number of thioether (sulfide) groups is 1. The number of aryl methyl sites for hydroxylation is 1. The summed E-state index contributed by atoms with van der Waals surface area (Å²) in [6.07, 6.45) is 10.2. The van der Waals surface area contributed by atoms with Crippen molar-refractivity contribution in [1.29, 1.82) is 0 Å². The molecule has 1 aliphatic carbocycles. The molecule has 1 saturated carbocycles. The number of nitrogens with zero attached hydrogens (tertiary/aromatic N) is 5. The van der Waals surface area contributed by atoms with E-state index in [1.807, 2.05) is 36.6 Å². The van der Waals surface area contributed by atoms with Gasteiger partial charge in [0, 0.05) is 19.0 Å². The monoisotopic (exact) mass is 440 g/mol. The normalized spacial score (nSPS) is 14.1. The third-order valence-electron chi connectivity index (χ3n) is 5.61. The molecule has 2 heterocycles. The van der Waals surface area contributed by atoms with Crippen LogP contribution in [0.3, 0.4) is 0 Å². The van der Waals surface area contributed by atoms with E-state index < -0.39 is 0 Å².